The summed E-state index contributed by atoms with van der Waals surface area (Å²) in [5.41, 5.74) is 8.78. The van der Waals surface area contributed by atoms with Gasteiger partial charge in [0.1, 0.15) is 9.71 Å². The molecule has 1 saturated carbocycles. The SMILES string of the molecule is Cc1cc(C)c2c(N)c(C(=O)NCC(C)C3CC3)sc2n1. The number of thiophene rings is 1. The maximum absolute atomic E-state index is 12.4. The fraction of sp³-hybridized carbons (Fsp3) is 0.500. The molecule has 0 spiro atoms. The molecule has 112 valence electrons. The zero-order valence-electron chi connectivity index (χ0n) is 12.7. The molecule has 0 bridgehead atoms. The third kappa shape index (κ3) is 2.75. The lowest BCUT2D eigenvalue weighted by molar-refractivity contribution is 0.0951. The Bertz CT molecular complexity index is 703. The van der Waals surface area contributed by atoms with Crippen molar-refractivity contribution in [3.8, 4) is 0 Å². The first-order valence-electron chi connectivity index (χ1n) is 7.41. The zero-order chi connectivity index (χ0) is 15.1. The molecule has 1 aliphatic rings. The van der Waals surface area contributed by atoms with Gasteiger partial charge in [0.25, 0.3) is 5.91 Å². The summed E-state index contributed by atoms with van der Waals surface area (Å²) in [6, 6.07) is 2.00. The number of nitrogen functional groups attached to an aromatic ring is 1. The van der Waals surface area contributed by atoms with Crippen LogP contribution in [0.5, 0.6) is 0 Å². The van der Waals surface area contributed by atoms with E-state index in [0.717, 1.165) is 33.9 Å². The molecule has 3 rings (SSSR count). The second kappa shape index (κ2) is 5.30. The molecule has 1 amide bonds. The van der Waals surface area contributed by atoms with Crippen molar-refractivity contribution in [3.63, 3.8) is 0 Å². The minimum atomic E-state index is -0.0694. The second-order valence-electron chi connectivity index (χ2n) is 6.13. The Morgan fingerprint density at radius 1 is 1.52 bits per heavy atom. The number of nitrogens with two attached hydrogens (primary N) is 1. The van der Waals surface area contributed by atoms with E-state index in [1.165, 1.54) is 24.2 Å². The summed E-state index contributed by atoms with van der Waals surface area (Å²) in [6.07, 6.45) is 2.59. The van der Waals surface area contributed by atoms with Gasteiger partial charge < -0.3 is 11.1 Å². The van der Waals surface area contributed by atoms with Crippen LogP contribution in [0.2, 0.25) is 0 Å². The summed E-state index contributed by atoms with van der Waals surface area (Å²) in [5.74, 6) is 1.27. The number of amides is 1. The van der Waals surface area contributed by atoms with E-state index in [1.807, 2.05) is 19.9 Å². The predicted molar refractivity (Wildman–Crippen MR) is 87.7 cm³/mol. The molecule has 2 heterocycles. The van der Waals surface area contributed by atoms with Crippen LogP contribution in [-0.4, -0.2) is 17.4 Å². The fourth-order valence-electron chi connectivity index (χ4n) is 2.80. The number of rotatable bonds is 4. The van der Waals surface area contributed by atoms with E-state index in [9.17, 15) is 4.79 Å². The lowest BCUT2D eigenvalue weighted by Gasteiger charge is -2.10. The lowest BCUT2D eigenvalue weighted by atomic mass is 10.1. The van der Waals surface area contributed by atoms with Crippen molar-refractivity contribution in [2.75, 3.05) is 12.3 Å². The summed E-state index contributed by atoms with van der Waals surface area (Å²) in [6.45, 7) is 6.89. The van der Waals surface area contributed by atoms with Gasteiger partial charge in [-0.25, -0.2) is 4.98 Å². The number of aromatic nitrogens is 1. The van der Waals surface area contributed by atoms with Gasteiger partial charge in [0.2, 0.25) is 0 Å². The molecule has 1 atom stereocenters. The Morgan fingerprint density at radius 2 is 2.24 bits per heavy atom. The highest BCUT2D eigenvalue weighted by Gasteiger charge is 2.28. The second-order valence-corrected chi connectivity index (χ2v) is 7.13. The van der Waals surface area contributed by atoms with E-state index in [4.69, 9.17) is 5.73 Å². The van der Waals surface area contributed by atoms with Gasteiger partial charge in [-0.15, -0.1) is 11.3 Å². The van der Waals surface area contributed by atoms with Crippen molar-refractivity contribution >= 4 is 33.1 Å². The molecule has 2 aromatic rings. The number of anilines is 1. The number of fused-ring (bicyclic) bond motifs is 1. The van der Waals surface area contributed by atoms with Gasteiger partial charge in [-0.3, -0.25) is 4.79 Å². The van der Waals surface area contributed by atoms with Crippen molar-refractivity contribution in [2.45, 2.75) is 33.6 Å². The van der Waals surface area contributed by atoms with Gasteiger partial charge >= 0.3 is 0 Å². The molecule has 1 fully saturated rings. The van der Waals surface area contributed by atoms with Gasteiger partial charge in [0, 0.05) is 17.6 Å². The first-order valence-corrected chi connectivity index (χ1v) is 8.23. The van der Waals surface area contributed by atoms with Crippen LogP contribution in [0.15, 0.2) is 6.07 Å². The van der Waals surface area contributed by atoms with Crippen LogP contribution in [-0.2, 0) is 0 Å². The minimum Gasteiger partial charge on any atom is -0.397 e. The van der Waals surface area contributed by atoms with Crippen LogP contribution in [0.3, 0.4) is 0 Å². The van der Waals surface area contributed by atoms with Gasteiger partial charge in [0.05, 0.1) is 5.69 Å². The maximum atomic E-state index is 12.4. The average Bonchev–Trinajstić information content (AvgIpc) is 3.20. The quantitative estimate of drug-likeness (QED) is 0.911. The van der Waals surface area contributed by atoms with Crippen molar-refractivity contribution in [1.82, 2.24) is 10.3 Å². The predicted octanol–water partition coefficient (Wildman–Crippen LogP) is 3.27. The number of aryl methyl sites for hydroxylation is 2. The van der Waals surface area contributed by atoms with Crippen molar-refractivity contribution < 1.29 is 4.79 Å². The van der Waals surface area contributed by atoms with Gasteiger partial charge in [-0.1, -0.05) is 6.92 Å². The summed E-state index contributed by atoms with van der Waals surface area (Å²) < 4.78 is 0. The van der Waals surface area contributed by atoms with Crippen LogP contribution >= 0.6 is 11.3 Å². The molecule has 0 aromatic carbocycles. The molecule has 0 radical (unpaired) electrons. The van der Waals surface area contributed by atoms with E-state index >= 15 is 0 Å². The molecular formula is C16H21N3OS. The van der Waals surface area contributed by atoms with Gasteiger partial charge in [-0.05, 0) is 50.2 Å². The number of carbonyl (C=O) groups is 1. The molecule has 2 aromatic heterocycles. The first kappa shape index (κ1) is 14.3. The molecule has 0 saturated heterocycles. The molecule has 3 N–H and O–H groups in total. The normalized spacial score (nSPS) is 16.1. The van der Waals surface area contributed by atoms with Crippen molar-refractivity contribution in [3.05, 3.63) is 22.2 Å². The molecule has 1 aliphatic carbocycles. The maximum Gasteiger partial charge on any atom is 0.263 e. The Morgan fingerprint density at radius 3 is 2.90 bits per heavy atom. The monoisotopic (exact) mass is 303 g/mol. The van der Waals surface area contributed by atoms with Crippen LogP contribution < -0.4 is 11.1 Å². The number of nitrogens with one attached hydrogen (secondary N) is 1. The Hall–Kier alpha value is -1.62. The Kier molecular flexibility index (Phi) is 3.61. The van der Waals surface area contributed by atoms with E-state index in [0.29, 0.717) is 16.5 Å². The van der Waals surface area contributed by atoms with Crippen molar-refractivity contribution in [2.24, 2.45) is 11.8 Å². The fourth-order valence-corrected chi connectivity index (χ4v) is 3.94. The van der Waals surface area contributed by atoms with E-state index in [-0.39, 0.29) is 5.91 Å². The van der Waals surface area contributed by atoms with Gasteiger partial charge in [-0.2, -0.15) is 0 Å². The number of hydrogen-bond donors (Lipinski definition) is 2. The highest BCUT2D eigenvalue weighted by molar-refractivity contribution is 7.21. The largest absolute Gasteiger partial charge is 0.397 e. The molecule has 21 heavy (non-hydrogen) atoms. The lowest BCUT2D eigenvalue weighted by Crippen LogP contribution is -2.28. The summed E-state index contributed by atoms with van der Waals surface area (Å²) >= 11 is 1.39. The molecule has 1 unspecified atom stereocenters. The van der Waals surface area contributed by atoms with Crippen LogP contribution in [0.1, 0.15) is 40.7 Å². The molecule has 5 heteroatoms. The topological polar surface area (TPSA) is 68.0 Å². The number of nitrogens with zero attached hydrogens (tertiary/aromatic N) is 1. The highest BCUT2D eigenvalue weighted by Crippen LogP contribution is 2.37. The highest BCUT2D eigenvalue weighted by atomic mass is 32.1. The summed E-state index contributed by atoms with van der Waals surface area (Å²) in [7, 11) is 0. The number of carbonyl (C=O) groups excluding carboxylic acids is 1. The third-order valence-corrected chi connectivity index (χ3v) is 5.34. The molecule has 0 aliphatic heterocycles. The van der Waals surface area contributed by atoms with Gasteiger partial charge in [0.15, 0.2) is 0 Å². The summed E-state index contributed by atoms with van der Waals surface area (Å²) in [5, 5.41) is 3.94. The number of hydrogen-bond acceptors (Lipinski definition) is 4. The molecule has 4 nitrogen and oxygen atoms in total. The van der Waals surface area contributed by atoms with E-state index < -0.39 is 0 Å². The number of pyridine rings is 1. The van der Waals surface area contributed by atoms with Crippen LogP contribution in [0, 0.1) is 25.7 Å². The smallest absolute Gasteiger partial charge is 0.263 e. The standard InChI is InChI=1S/C16H21N3OS/c1-8-6-10(3)19-16-12(8)13(17)14(21-16)15(20)18-7-9(2)11-4-5-11/h6,9,11H,4-5,7,17H2,1-3H3,(H,18,20). The Balaban J connectivity index is 1.84. The third-order valence-electron chi connectivity index (χ3n) is 4.24. The van der Waals surface area contributed by atoms with E-state index in [1.54, 1.807) is 0 Å². The van der Waals surface area contributed by atoms with Crippen LogP contribution in [0.25, 0.3) is 10.2 Å². The Labute approximate surface area is 128 Å². The van der Waals surface area contributed by atoms with Crippen molar-refractivity contribution in [1.29, 1.82) is 0 Å². The summed E-state index contributed by atoms with van der Waals surface area (Å²) in [4.78, 5) is 18.3. The van der Waals surface area contributed by atoms with E-state index in [2.05, 4.69) is 17.2 Å². The first-order chi connectivity index (χ1) is 9.97. The zero-order valence-corrected chi connectivity index (χ0v) is 13.5. The van der Waals surface area contributed by atoms with Crippen LogP contribution in [0.4, 0.5) is 5.69 Å². The molecular weight excluding hydrogens is 282 g/mol. The minimum absolute atomic E-state index is 0.0694. The average molecular weight is 303 g/mol.